The molecule has 23 heavy (non-hydrogen) atoms. The molecule has 1 aliphatic rings. The number of hydrogen-bond donors (Lipinski definition) is 1. The van der Waals surface area contributed by atoms with Gasteiger partial charge in [0.1, 0.15) is 5.56 Å². The van der Waals surface area contributed by atoms with Gasteiger partial charge in [0.25, 0.3) is 0 Å². The second-order valence-electron chi connectivity index (χ2n) is 5.45. The first kappa shape index (κ1) is 15.3. The van der Waals surface area contributed by atoms with Gasteiger partial charge in [-0.3, -0.25) is 4.79 Å². The molecule has 2 aromatic rings. The molecule has 0 bridgehead atoms. The zero-order valence-corrected chi connectivity index (χ0v) is 11.9. The summed E-state index contributed by atoms with van der Waals surface area (Å²) in [7, 11) is 0. The number of allylic oxidation sites excluding steroid dienone is 1. The lowest BCUT2D eigenvalue weighted by Gasteiger charge is -2.15. The standard InChI is InChI=1S/C16H12F3NO3/c1-2-3-8-10-14(13(19)12(18)11(8)17)20(7-4-5-7)6-9(15(10)21)16(22)23/h2,6-7H,1,3-5H2,(H,22,23). The minimum absolute atomic E-state index is 0.220. The Labute approximate surface area is 128 Å². The van der Waals surface area contributed by atoms with E-state index in [-0.39, 0.29) is 18.0 Å². The molecule has 0 amide bonds. The molecule has 1 fully saturated rings. The average Bonchev–Trinajstić information content (AvgIpc) is 3.33. The van der Waals surface area contributed by atoms with Crippen molar-refractivity contribution in [1.82, 2.24) is 4.57 Å². The van der Waals surface area contributed by atoms with E-state index < -0.39 is 45.3 Å². The van der Waals surface area contributed by atoms with E-state index in [9.17, 15) is 27.9 Å². The summed E-state index contributed by atoms with van der Waals surface area (Å²) in [5, 5.41) is 8.73. The summed E-state index contributed by atoms with van der Waals surface area (Å²) in [6.45, 7) is 3.41. The van der Waals surface area contributed by atoms with Gasteiger partial charge in [-0.25, -0.2) is 18.0 Å². The van der Waals surface area contributed by atoms with Gasteiger partial charge in [0.05, 0.1) is 10.9 Å². The van der Waals surface area contributed by atoms with Crippen LogP contribution in [-0.2, 0) is 6.42 Å². The average molecular weight is 323 g/mol. The molecule has 0 spiro atoms. The van der Waals surface area contributed by atoms with Gasteiger partial charge in [0.15, 0.2) is 17.5 Å². The maximum absolute atomic E-state index is 14.3. The number of rotatable bonds is 4. The third-order valence-electron chi connectivity index (χ3n) is 3.91. The van der Waals surface area contributed by atoms with E-state index in [1.54, 1.807) is 0 Å². The fourth-order valence-corrected chi connectivity index (χ4v) is 2.71. The summed E-state index contributed by atoms with van der Waals surface area (Å²) in [6.07, 6.45) is 3.31. The second kappa shape index (κ2) is 5.26. The number of pyridine rings is 1. The minimum atomic E-state index is -1.67. The number of aromatic carboxylic acids is 1. The highest BCUT2D eigenvalue weighted by Crippen LogP contribution is 2.39. The SMILES string of the molecule is C=CCc1c(F)c(F)c(F)c2c1c(=O)c(C(=O)O)cn2C1CC1. The molecule has 1 saturated carbocycles. The molecule has 1 heterocycles. The highest BCUT2D eigenvalue weighted by atomic mass is 19.2. The topological polar surface area (TPSA) is 59.3 Å². The predicted octanol–water partition coefficient (Wildman–Crippen LogP) is 3.18. The molecule has 1 N–H and O–H groups in total. The zero-order chi connectivity index (χ0) is 16.9. The summed E-state index contributed by atoms with van der Waals surface area (Å²) in [5.41, 5.74) is -2.39. The van der Waals surface area contributed by atoms with Crippen LogP contribution < -0.4 is 5.43 Å². The van der Waals surface area contributed by atoms with Crippen LogP contribution in [0.1, 0.15) is 34.8 Å². The Morgan fingerprint density at radius 3 is 2.48 bits per heavy atom. The van der Waals surface area contributed by atoms with E-state index >= 15 is 0 Å². The molecule has 0 atom stereocenters. The lowest BCUT2D eigenvalue weighted by atomic mass is 10.0. The molecule has 7 heteroatoms. The van der Waals surface area contributed by atoms with Crippen molar-refractivity contribution in [2.75, 3.05) is 0 Å². The van der Waals surface area contributed by atoms with Crippen molar-refractivity contribution in [1.29, 1.82) is 0 Å². The molecule has 0 aliphatic heterocycles. The normalized spacial score (nSPS) is 14.2. The van der Waals surface area contributed by atoms with Crippen molar-refractivity contribution in [3.8, 4) is 0 Å². The van der Waals surface area contributed by atoms with Crippen molar-refractivity contribution in [2.45, 2.75) is 25.3 Å². The third-order valence-corrected chi connectivity index (χ3v) is 3.91. The highest BCUT2D eigenvalue weighted by molar-refractivity contribution is 5.94. The Morgan fingerprint density at radius 2 is 1.96 bits per heavy atom. The van der Waals surface area contributed by atoms with Crippen LogP contribution in [0.15, 0.2) is 23.6 Å². The Kier molecular flexibility index (Phi) is 3.50. The van der Waals surface area contributed by atoms with Gasteiger partial charge in [-0.05, 0) is 19.3 Å². The van der Waals surface area contributed by atoms with Gasteiger partial charge in [-0.15, -0.1) is 6.58 Å². The number of carboxylic acid groups (broad SMARTS) is 1. The van der Waals surface area contributed by atoms with Gasteiger partial charge < -0.3 is 9.67 Å². The van der Waals surface area contributed by atoms with E-state index in [1.165, 1.54) is 10.6 Å². The third kappa shape index (κ3) is 2.23. The maximum Gasteiger partial charge on any atom is 0.341 e. The summed E-state index contributed by atoms with van der Waals surface area (Å²) in [6, 6.07) is -0.229. The first-order valence-electron chi connectivity index (χ1n) is 6.96. The van der Waals surface area contributed by atoms with Crippen LogP contribution in [-0.4, -0.2) is 15.6 Å². The summed E-state index contributed by atoms with van der Waals surface area (Å²) in [5.74, 6) is -6.14. The van der Waals surface area contributed by atoms with Crippen LogP contribution in [0.3, 0.4) is 0 Å². The summed E-state index contributed by atoms with van der Waals surface area (Å²) < 4.78 is 43.5. The number of fused-ring (bicyclic) bond motifs is 1. The highest BCUT2D eigenvalue weighted by Gasteiger charge is 2.31. The van der Waals surface area contributed by atoms with Crippen LogP contribution in [0, 0.1) is 17.5 Å². The number of benzene rings is 1. The number of carboxylic acids is 1. The van der Waals surface area contributed by atoms with E-state index in [2.05, 4.69) is 6.58 Å². The van der Waals surface area contributed by atoms with Crippen molar-refractivity contribution < 1.29 is 23.1 Å². The van der Waals surface area contributed by atoms with Gasteiger partial charge in [-0.2, -0.15) is 0 Å². The van der Waals surface area contributed by atoms with Crippen molar-refractivity contribution in [3.05, 3.63) is 57.7 Å². The first-order chi connectivity index (χ1) is 10.9. The summed E-state index contributed by atoms with van der Waals surface area (Å²) in [4.78, 5) is 23.7. The van der Waals surface area contributed by atoms with Gasteiger partial charge in [-0.1, -0.05) is 6.08 Å². The van der Waals surface area contributed by atoms with Crippen LogP contribution >= 0.6 is 0 Å². The molecule has 120 valence electrons. The molecule has 3 rings (SSSR count). The van der Waals surface area contributed by atoms with Gasteiger partial charge in [0, 0.05) is 17.8 Å². The fourth-order valence-electron chi connectivity index (χ4n) is 2.71. The first-order valence-corrected chi connectivity index (χ1v) is 6.96. The number of nitrogens with zero attached hydrogens (tertiary/aromatic N) is 1. The lowest BCUT2D eigenvalue weighted by molar-refractivity contribution is 0.0695. The molecule has 0 saturated heterocycles. The number of aromatic nitrogens is 1. The number of carbonyl (C=O) groups is 1. The Hall–Kier alpha value is -2.57. The minimum Gasteiger partial charge on any atom is -0.477 e. The zero-order valence-electron chi connectivity index (χ0n) is 11.9. The van der Waals surface area contributed by atoms with Crippen molar-refractivity contribution >= 4 is 16.9 Å². The second-order valence-corrected chi connectivity index (χ2v) is 5.45. The molecule has 1 aliphatic carbocycles. The number of halogens is 3. The quantitative estimate of drug-likeness (QED) is 0.694. The van der Waals surface area contributed by atoms with Crippen LogP contribution in [0.25, 0.3) is 10.9 Å². The number of hydrogen-bond acceptors (Lipinski definition) is 2. The molecule has 0 radical (unpaired) electrons. The maximum atomic E-state index is 14.3. The van der Waals surface area contributed by atoms with Crippen LogP contribution in [0.5, 0.6) is 0 Å². The van der Waals surface area contributed by atoms with E-state index in [0.717, 1.165) is 6.20 Å². The van der Waals surface area contributed by atoms with Gasteiger partial charge in [0.2, 0.25) is 5.43 Å². The predicted molar refractivity (Wildman–Crippen MR) is 77.2 cm³/mol. The Morgan fingerprint density at radius 1 is 1.30 bits per heavy atom. The van der Waals surface area contributed by atoms with Crippen molar-refractivity contribution in [3.63, 3.8) is 0 Å². The molecular weight excluding hydrogens is 311 g/mol. The molecule has 1 aromatic heterocycles. The molecule has 0 unspecified atom stereocenters. The Bertz CT molecular complexity index is 913. The fraction of sp³-hybridized carbons (Fsp3) is 0.250. The van der Waals surface area contributed by atoms with E-state index in [4.69, 9.17) is 0 Å². The van der Waals surface area contributed by atoms with Gasteiger partial charge >= 0.3 is 5.97 Å². The largest absolute Gasteiger partial charge is 0.477 e. The Balaban J connectivity index is 2.58. The van der Waals surface area contributed by atoms with E-state index in [1.807, 2.05) is 0 Å². The van der Waals surface area contributed by atoms with Crippen LogP contribution in [0.4, 0.5) is 13.2 Å². The van der Waals surface area contributed by atoms with Crippen LogP contribution in [0.2, 0.25) is 0 Å². The van der Waals surface area contributed by atoms with E-state index in [0.29, 0.717) is 12.8 Å². The van der Waals surface area contributed by atoms with Crippen molar-refractivity contribution in [2.24, 2.45) is 0 Å². The lowest BCUT2D eigenvalue weighted by Crippen LogP contribution is -2.22. The molecule has 4 nitrogen and oxygen atoms in total. The summed E-state index contributed by atoms with van der Waals surface area (Å²) >= 11 is 0. The molecule has 1 aromatic carbocycles. The smallest absolute Gasteiger partial charge is 0.341 e. The molecular formula is C16H12F3NO3. The monoisotopic (exact) mass is 323 g/mol.